The van der Waals surface area contributed by atoms with Crippen LogP contribution in [0.5, 0.6) is 0 Å². The first-order valence-electron chi connectivity index (χ1n) is 6.79. The maximum Gasteiger partial charge on any atom is 0.0900 e. The average Bonchev–Trinajstić information content (AvgIpc) is 2.36. The van der Waals surface area contributed by atoms with Gasteiger partial charge >= 0.3 is 0 Å². The second kappa shape index (κ2) is 7.71. The quantitative estimate of drug-likeness (QED) is 0.557. The van der Waals surface area contributed by atoms with Gasteiger partial charge in [0.25, 0.3) is 0 Å². The molecule has 0 aromatic heterocycles. The van der Waals surface area contributed by atoms with E-state index < -0.39 is 6.10 Å². The minimum atomic E-state index is -0.447. The van der Waals surface area contributed by atoms with E-state index in [0.29, 0.717) is 19.1 Å². The molecule has 0 amide bonds. The van der Waals surface area contributed by atoms with Crippen molar-refractivity contribution in [2.75, 3.05) is 26.2 Å². The Morgan fingerprint density at radius 2 is 2.22 bits per heavy atom. The summed E-state index contributed by atoms with van der Waals surface area (Å²) in [6, 6.07) is 0. The normalized spacial score (nSPS) is 25.8. The fraction of sp³-hybridized carbons (Fsp3) is 0.923. The zero-order valence-corrected chi connectivity index (χ0v) is 11.7. The largest absolute Gasteiger partial charge is 0.411 e. The molecule has 0 aliphatic carbocycles. The van der Waals surface area contributed by atoms with E-state index in [2.05, 4.69) is 17.0 Å². The fourth-order valence-electron chi connectivity index (χ4n) is 2.30. The molecule has 18 heavy (non-hydrogen) atoms. The molecule has 1 fully saturated rings. The monoisotopic (exact) mass is 258 g/mol. The van der Waals surface area contributed by atoms with Crippen molar-refractivity contribution >= 4 is 5.71 Å². The molecule has 0 spiro atoms. The number of likely N-dealkylation sites (tertiary alicyclic amines) is 1. The minimum absolute atomic E-state index is 0.150. The van der Waals surface area contributed by atoms with Crippen LogP contribution >= 0.6 is 0 Å². The van der Waals surface area contributed by atoms with Gasteiger partial charge in [-0.05, 0) is 20.3 Å². The number of hydrogen-bond donors (Lipinski definition) is 2. The van der Waals surface area contributed by atoms with Gasteiger partial charge in [0.05, 0.1) is 24.5 Å². The molecule has 1 rings (SSSR count). The smallest absolute Gasteiger partial charge is 0.0900 e. The first-order valence-corrected chi connectivity index (χ1v) is 6.79. The van der Waals surface area contributed by atoms with Crippen molar-refractivity contribution in [2.45, 2.75) is 45.8 Å². The van der Waals surface area contributed by atoms with Crippen LogP contribution < -0.4 is 0 Å². The topological polar surface area (TPSA) is 65.3 Å². The highest BCUT2D eigenvalue weighted by molar-refractivity contribution is 5.87. The number of β-amino-alcohol motifs (C(OH)–C–C–N with tert-alkyl or cyclic N) is 1. The molecule has 1 heterocycles. The van der Waals surface area contributed by atoms with Crippen LogP contribution in [0.2, 0.25) is 0 Å². The number of rotatable bonds is 6. The molecule has 5 nitrogen and oxygen atoms in total. The third-order valence-electron chi connectivity index (χ3n) is 3.35. The first-order chi connectivity index (χ1) is 8.56. The summed E-state index contributed by atoms with van der Waals surface area (Å²) in [5, 5.41) is 22.2. The van der Waals surface area contributed by atoms with Crippen LogP contribution in [0.3, 0.4) is 0 Å². The zero-order valence-electron chi connectivity index (χ0n) is 11.7. The van der Waals surface area contributed by atoms with Crippen molar-refractivity contribution in [3.63, 3.8) is 0 Å². The number of oxime groups is 1. The fourth-order valence-corrected chi connectivity index (χ4v) is 2.30. The highest BCUT2D eigenvalue weighted by atomic mass is 16.5. The molecule has 2 unspecified atom stereocenters. The van der Waals surface area contributed by atoms with Crippen molar-refractivity contribution < 1.29 is 15.1 Å². The molecule has 0 saturated carbocycles. The number of aliphatic hydroxyl groups is 1. The summed E-state index contributed by atoms with van der Waals surface area (Å²) >= 11 is 0. The standard InChI is InChI=1S/C13H26N2O3/c1-4-11-7-15(6-5-13(11)14-17)8-12(16)9-18-10(2)3/h10-12,16-17H,4-9H2,1-3H3. The predicted molar refractivity (Wildman–Crippen MR) is 71.2 cm³/mol. The molecular weight excluding hydrogens is 232 g/mol. The molecule has 0 aromatic rings. The Hall–Kier alpha value is -0.650. The summed E-state index contributed by atoms with van der Waals surface area (Å²) in [6.07, 6.45) is 1.45. The number of ether oxygens (including phenoxy) is 1. The van der Waals surface area contributed by atoms with Crippen LogP contribution in [-0.4, -0.2) is 59.4 Å². The van der Waals surface area contributed by atoms with Crippen LogP contribution in [0.15, 0.2) is 5.16 Å². The Morgan fingerprint density at radius 1 is 1.50 bits per heavy atom. The van der Waals surface area contributed by atoms with Crippen LogP contribution in [-0.2, 0) is 4.74 Å². The molecular formula is C13H26N2O3. The molecule has 5 heteroatoms. The maximum absolute atomic E-state index is 9.89. The summed E-state index contributed by atoms with van der Waals surface area (Å²) in [6.45, 7) is 8.73. The van der Waals surface area contributed by atoms with E-state index in [4.69, 9.17) is 9.94 Å². The molecule has 1 saturated heterocycles. The van der Waals surface area contributed by atoms with Crippen LogP contribution in [0.25, 0.3) is 0 Å². The molecule has 0 aromatic carbocycles. The van der Waals surface area contributed by atoms with Gasteiger partial charge in [0.15, 0.2) is 0 Å². The van der Waals surface area contributed by atoms with E-state index in [1.165, 1.54) is 0 Å². The Labute approximate surface area is 109 Å². The summed E-state index contributed by atoms with van der Waals surface area (Å²) in [5.41, 5.74) is 0.890. The van der Waals surface area contributed by atoms with E-state index in [-0.39, 0.29) is 6.10 Å². The Kier molecular flexibility index (Phi) is 6.60. The molecule has 2 atom stereocenters. The van der Waals surface area contributed by atoms with E-state index in [0.717, 1.165) is 31.6 Å². The minimum Gasteiger partial charge on any atom is -0.411 e. The van der Waals surface area contributed by atoms with Gasteiger partial charge in [0.1, 0.15) is 0 Å². The van der Waals surface area contributed by atoms with Gasteiger partial charge in [-0.1, -0.05) is 12.1 Å². The van der Waals surface area contributed by atoms with Gasteiger partial charge in [0.2, 0.25) is 0 Å². The van der Waals surface area contributed by atoms with E-state index in [1.54, 1.807) is 0 Å². The molecule has 106 valence electrons. The second-order valence-electron chi connectivity index (χ2n) is 5.24. The Balaban J connectivity index is 2.35. The van der Waals surface area contributed by atoms with Gasteiger partial charge < -0.3 is 15.1 Å². The lowest BCUT2D eigenvalue weighted by Gasteiger charge is -2.34. The molecule has 0 radical (unpaired) electrons. The Bertz CT molecular complexity index is 269. The summed E-state index contributed by atoms with van der Waals surface area (Å²) in [7, 11) is 0. The Morgan fingerprint density at radius 3 is 2.78 bits per heavy atom. The first kappa shape index (κ1) is 15.4. The van der Waals surface area contributed by atoms with Crippen LogP contribution in [0.1, 0.15) is 33.6 Å². The van der Waals surface area contributed by atoms with Gasteiger partial charge in [-0.15, -0.1) is 0 Å². The van der Waals surface area contributed by atoms with Gasteiger partial charge in [-0.25, -0.2) is 0 Å². The SMILES string of the molecule is CCC1CN(CC(O)COC(C)C)CCC1=NO. The summed E-state index contributed by atoms with van der Waals surface area (Å²) < 4.78 is 5.40. The highest BCUT2D eigenvalue weighted by Crippen LogP contribution is 2.17. The zero-order chi connectivity index (χ0) is 13.5. The van der Waals surface area contributed by atoms with Crippen molar-refractivity contribution in [3.05, 3.63) is 0 Å². The van der Waals surface area contributed by atoms with Crippen molar-refractivity contribution in [2.24, 2.45) is 11.1 Å². The van der Waals surface area contributed by atoms with E-state index >= 15 is 0 Å². The number of nitrogens with zero attached hydrogens (tertiary/aromatic N) is 2. The van der Waals surface area contributed by atoms with E-state index in [1.807, 2.05) is 13.8 Å². The third-order valence-corrected chi connectivity index (χ3v) is 3.35. The number of piperidine rings is 1. The van der Waals surface area contributed by atoms with Crippen molar-refractivity contribution in [1.82, 2.24) is 4.90 Å². The maximum atomic E-state index is 9.89. The summed E-state index contributed by atoms with van der Waals surface area (Å²) in [5.74, 6) is 0.307. The lowest BCUT2D eigenvalue weighted by atomic mass is 9.93. The third kappa shape index (κ3) is 4.92. The predicted octanol–water partition coefficient (Wildman–Crippen LogP) is 1.33. The molecule has 1 aliphatic heterocycles. The highest BCUT2D eigenvalue weighted by Gasteiger charge is 2.25. The second-order valence-corrected chi connectivity index (χ2v) is 5.24. The lowest BCUT2D eigenvalue weighted by molar-refractivity contribution is -0.0101. The van der Waals surface area contributed by atoms with E-state index in [9.17, 15) is 5.11 Å². The summed E-state index contributed by atoms with van der Waals surface area (Å²) in [4.78, 5) is 2.22. The molecule has 0 bridgehead atoms. The van der Waals surface area contributed by atoms with Crippen LogP contribution in [0.4, 0.5) is 0 Å². The molecule has 2 N–H and O–H groups in total. The van der Waals surface area contributed by atoms with Gasteiger partial charge in [-0.3, -0.25) is 4.90 Å². The number of hydrogen-bond acceptors (Lipinski definition) is 5. The van der Waals surface area contributed by atoms with Crippen LogP contribution in [0, 0.1) is 5.92 Å². The van der Waals surface area contributed by atoms with Crippen molar-refractivity contribution in [1.29, 1.82) is 0 Å². The number of aliphatic hydroxyl groups excluding tert-OH is 1. The van der Waals surface area contributed by atoms with Gasteiger partial charge in [0, 0.05) is 32.0 Å². The van der Waals surface area contributed by atoms with Gasteiger partial charge in [-0.2, -0.15) is 0 Å². The average molecular weight is 258 g/mol. The lowest BCUT2D eigenvalue weighted by Crippen LogP contribution is -2.45. The van der Waals surface area contributed by atoms with Crippen molar-refractivity contribution in [3.8, 4) is 0 Å². The molecule has 1 aliphatic rings.